The summed E-state index contributed by atoms with van der Waals surface area (Å²) in [6.07, 6.45) is 5.24. The molecule has 2 N–H and O–H groups in total. The second-order valence-corrected chi connectivity index (χ2v) is 5.17. The predicted molar refractivity (Wildman–Crippen MR) is 73.4 cm³/mol. The van der Waals surface area contributed by atoms with Crippen molar-refractivity contribution in [1.29, 1.82) is 0 Å². The highest BCUT2D eigenvalue weighted by molar-refractivity contribution is 5.83. The first-order chi connectivity index (χ1) is 8.78. The Morgan fingerprint density at radius 2 is 2.22 bits per heavy atom. The maximum absolute atomic E-state index is 5.90. The van der Waals surface area contributed by atoms with E-state index in [1.165, 1.54) is 22.9 Å². The SMILES string of the molecule is CC1CCC(Cn2ccc3cccc(CN)c32)O1. The molecule has 2 aromatic rings. The lowest BCUT2D eigenvalue weighted by Crippen LogP contribution is -2.16. The highest BCUT2D eigenvalue weighted by atomic mass is 16.5. The lowest BCUT2D eigenvalue weighted by molar-refractivity contribution is 0.0465. The van der Waals surface area contributed by atoms with E-state index in [1.54, 1.807) is 0 Å². The monoisotopic (exact) mass is 244 g/mol. The molecule has 0 spiro atoms. The van der Waals surface area contributed by atoms with Crippen molar-refractivity contribution in [1.82, 2.24) is 4.57 Å². The molecular formula is C15H20N2O. The Kier molecular flexibility index (Phi) is 3.10. The fourth-order valence-electron chi connectivity index (χ4n) is 2.90. The van der Waals surface area contributed by atoms with Gasteiger partial charge in [-0.25, -0.2) is 0 Å². The summed E-state index contributed by atoms with van der Waals surface area (Å²) >= 11 is 0. The van der Waals surface area contributed by atoms with Crippen LogP contribution in [0, 0.1) is 0 Å². The van der Waals surface area contributed by atoms with Crippen LogP contribution in [0.5, 0.6) is 0 Å². The minimum Gasteiger partial charge on any atom is -0.373 e. The van der Waals surface area contributed by atoms with Gasteiger partial charge in [-0.3, -0.25) is 0 Å². The van der Waals surface area contributed by atoms with Gasteiger partial charge >= 0.3 is 0 Å². The number of fused-ring (bicyclic) bond motifs is 1. The van der Waals surface area contributed by atoms with Gasteiger partial charge < -0.3 is 15.0 Å². The molecule has 18 heavy (non-hydrogen) atoms. The molecule has 1 aromatic carbocycles. The fraction of sp³-hybridized carbons (Fsp3) is 0.467. The van der Waals surface area contributed by atoms with Crippen LogP contribution in [0.4, 0.5) is 0 Å². The van der Waals surface area contributed by atoms with Gasteiger partial charge in [0.1, 0.15) is 0 Å². The van der Waals surface area contributed by atoms with E-state index in [4.69, 9.17) is 10.5 Å². The molecule has 2 unspecified atom stereocenters. The second-order valence-electron chi connectivity index (χ2n) is 5.17. The maximum atomic E-state index is 5.90. The van der Waals surface area contributed by atoms with Crippen LogP contribution in [0.25, 0.3) is 10.9 Å². The van der Waals surface area contributed by atoms with Gasteiger partial charge in [-0.15, -0.1) is 0 Å². The fourth-order valence-corrected chi connectivity index (χ4v) is 2.90. The van der Waals surface area contributed by atoms with Gasteiger partial charge in [-0.05, 0) is 36.8 Å². The summed E-state index contributed by atoms with van der Waals surface area (Å²) in [4.78, 5) is 0. The summed E-state index contributed by atoms with van der Waals surface area (Å²) in [7, 11) is 0. The highest BCUT2D eigenvalue weighted by Crippen LogP contribution is 2.25. The topological polar surface area (TPSA) is 40.2 Å². The van der Waals surface area contributed by atoms with Crippen LogP contribution in [0.3, 0.4) is 0 Å². The number of hydrogen-bond acceptors (Lipinski definition) is 2. The Balaban J connectivity index is 1.92. The molecule has 1 aliphatic rings. The van der Waals surface area contributed by atoms with E-state index < -0.39 is 0 Å². The van der Waals surface area contributed by atoms with Gasteiger partial charge in [0, 0.05) is 19.3 Å². The Hall–Kier alpha value is -1.32. The smallest absolute Gasteiger partial charge is 0.0758 e. The van der Waals surface area contributed by atoms with Crippen LogP contribution >= 0.6 is 0 Å². The number of para-hydroxylation sites is 1. The van der Waals surface area contributed by atoms with Crippen LogP contribution in [0.15, 0.2) is 30.5 Å². The number of benzene rings is 1. The van der Waals surface area contributed by atoms with E-state index in [1.807, 2.05) is 0 Å². The maximum Gasteiger partial charge on any atom is 0.0758 e. The van der Waals surface area contributed by atoms with Gasteiger partial charge in [0.05, 0.1) is 17.7 Å². The summed E-state index contributed by atoms with van der Waals surface area (Å²) in [5.41, 5.74) is 8.31. The molecule has 3 heteroatoms. The summed E-state index contributed by atoms with van der Waals surface area (Å²) in [5.74, 6) is 0. The van der Waals surface area contributed by atoms with Crippen LogP contribution < -0.4 is 5.73 Å². The largest absolute Gasteiger partial charge is 0.373 e. The quantitative estimate of drug-likeness (QED) is 0.901. The van der Waals surface area contributed by atoms with Crippen molar-refractivity contribution in [2.45, 2.75) is 45.1 Å². The lowest BCUT2D eigenvalue weighted by Gasteiger charge is -2.14. The van der Waals surface area contributed by atoms with Gasteiger partial charge in [0.2, 0.25) is 0 Å². The molecule has 1 aromatic heterocycles. The zero-order valence-electron chi connectivity index (χ0n) is 10.8. The van der Waals surface area contributed by atoms with E-state index in [-0.39, 0.29) is 0 Å². The molecule has 3 rings (SSSR count). The summed E-state index contributed by atoms with van der Waals surface area (Å²) in [6.45, 7) is 3.67. The first-order valence-electron chi connectivity index (χ1n) is 6.70. The van der Waals surface area contributed by atoms with Gasteiger partial charge in [0.15, 0.2) is 0 Å². The van der Waals surface area contributed by atoms with Gasteiger partial charge in [-0.2, -0.15) is 0 Å². The molecule has 0 aliphatic carbocycles. The third-order valence-electron chi connectivity index (χ3n) is 3.81. The minimum atomic E-state index is 0.349. The third kappa shape index (κ3) is 2.04. The van der Waals surface area contributed by atoms with Crippen molar-refractivity contribution in [2.24, 2.45) is 5.73 Å². The number of hydrogen-bond donors (Lipinski definition) is 1. The first kappa shape index (κ1) is 11.8. The number of nitrogens with zero attached hydrogens (tertiary/aromatic N) is 1. The Morgan fingerprint density at radius 1 is 1.33 bits per heavy atom. The molecule has 2 atom stereocenters. The average Bonchev–Trinajstić information content (AvgIpc) is 2.97. The Bertz CT molecular complexity index is 546. The van der Waals surface area contributed by atoms with E-state index in [9.17, 15) is 0 Å². The molecule has 2 heterocycles. The molecule has 0 bridgehead atoms. The molecular weight excluding hydrogens is 224 g/mol. The summed E-state index contributed by atoms with van der Waals surface area (Å²) < 4.78 is 8.20. The molecule has 0 amide bonds. The number of nitrogens with two attached hydrogens (primary N) is 1. The van der Waals surface area contributed by atoms with Crippen molar-refractivity contribution < 1.29 is 4.74 Å². The molecule has 1 aliphatic heterocycles. The summed E-state index contributed by atoms with van der Waals surface area (Å²) in [5, 5.41) is 1.27. The zero-order valence-corrected chi connectivity index (χ0v) is 10.8. The van der Waals surface area contributed by atoms with E-state index in [0.29, 0.717) is 18.8 Å². The normalized spacial score (nSPS) is 23.9. The molecule has 0 saturated carbocycles. The zero-order chi connectivity index (χ0) is 12.5. The lowest BCUT2D eigenvalue weighted by atomic mass is 10.1. The Labute approximate surface area is 108 Å². The molecule has 1 saturated heterocycles. The van der Waals surface area contributed by atoms with Crippen molar-refractivity contribution in [3.8, 4) is 0 Å². The van der Waals surface area contributed by atoms with E-state index in [0.717, 1.165) is 13.0 Å². The minimum absolute atomic E-state index is 0.349. The van der Waals surface area contributed by atoms with Crippen LogP contribution in [0.2, 0.25) is 0 Å². The highest BCUT2D eigenvalue weighted by Gasteiger charge is 2.22. The number of rotatable bonds is 3. The average molecular weight is 244 g/mol. The van der Waals surface area contributed by atoms with Gasteiger partial charge in [0.25, 0.3) is 0 Å². The molecule has 1 fully saturated rings. The van der Waals surface area contributed by atoms with Crippen molar-refractivity contribution in [2.75, 3.05) is 0 Å². The third-order valence-corrected chi connectivity index (χ3v) is 3.81. The second kappa shape index (κ2) is 4.75. The molecule has 3 nitrogen and oxygen atoms in total. The van der Waals surface area contributed by atoms with Crippen molar-refractivity contribution in [3.05, 3.63) is 36.0 Å². The summed E-state index contributed by atoms with van der Waals surface area (Å²) in [6, 6.07) is 8.48. The predicted octanol–water partition coefficient (Wildman–Crippen LogP) is 2.67. The molecule has 0 radical (unpaired) electrons. The van der Waals surface area contributed by atoms with Crippen LogP contribution in [-0.4, -0.2) is 16.8 Å². The number of aromatic nitrogens is 1. The van der Waals surface area contributed by atoms with Crippen molar-refractivity contribution in [3.63, 3.8) is 0 Å². The van der Waals surface area contributed by atoms with Crippen LogP contribution in [0.1, 0.15) is 25.3 Å². The first-order valence-corrected chi connectivity index (χ1v) is 6.70. The van der Waals surface area contributed by atoms with Gasteiger partial charge in [-0.1, -0.05) is 18.2 Å². The van der Waals surface area contributed by atoms with Crippen LogP contribution in [-0.2, 0) is 17.8 Å². The molecule has 96 valence electrons. The Morgan fingerprint density at radius 3 is 2.94 bits per heavy atom. The van der Waals surface area contributed by atoms with E-state index in [2.05, 4.69) is 42.0 Å². The number of ether oxygens (including phenoxy) is 1. The van der Waals surface area contributed by atoms with E-state index >= 15 is 0 Å². The standard InChI is InChI=1S/C15H20N2O/c1-11-5-6-14(18-11)10-17-8-7-12-3-2-4-13(9-16)15(12)17/h2-4,7-8,11,14H,5-6,9-10,16H2,1H3. The van der Waals surface area contributed by atoms with Crippen molar-refractivity contribution >= 4 is 10.9 Å².